The molecule has 1 rings (SSSR count). The van der Waals surface area contributed by atoms with Crippen LogP contribution in [0.4, 0.5) is 4.79 Å². The van der Waals surface area contributed by atoms with Crippen LogP contribution < -0.4 is 10.6 Å². The minimum absolute atomic E-state index is 0.0159. The third kappa shape index (κ3) is 5.27. The van der Waals surface area contributed by atoms with Gasteiger partial charge in [0.1, 0.15) is 0 Å². The zero-order valence-electron chi connectivity index (χ0n) is 15.1. The van der Waals surface area contributed by atoms with E-state index in [2.05, 4.69) is 5.32 Å². The van der Waals surface area contributed by atoms with E-state index in [0.717, 1.165) is 0 Å². The Labute approximate surface area is 152 Å². The number of nitrogens with zero attached hydrogens (tertiary/aromatic N) is 1. The van der Waals surface area contributed by atoms with Gasteiger partial charge in [-0.05, 0) is 25.1 Å². The monoisotopic (exact) mass is 385 g/mol. The van der Waals surface area contributed by atoms with Gasteiger partial charge in [-0.15, -0.1) is 0 Å². The van der Waals surface area contributed by atoms with Crippen molar-refractivity contribution in [1.82, 2.24) is 14.9 Å². The fourth-order valence-electron chi connectivity index (χ4n) is 2.05. The van der Waals surface area contributed by atoms with Gasteiger partial charge in [0.15, 0.2) is 6.10 Å². The van der Waals surface area contributed by atoms with Gasteiger partial charge in [-0.2, -0.15) is 4.31 Å². The Morgan fingerprint density at radius 1 is 1.19 bits per heavy atom. The third-order valence-corrected chi connectivity index (χ3v) is 5.58. The number of urea groups is 1. The molecule has 0 spiro atoms. The Bertz CT molecular complexity index is 774. The molecular weight excluding hydrogens is 362 g/mol. The van der Waals surface area contributed by atoms with Crippen molar-refractivity contribution in [3.63, 3.8) is 0 Å². The molecule has 1 aromatic carbocycles. The normalized spacial score (nSPS) is 12.3. The van der Waals surface area contributed by atoms with Crippen molar-refractivity contribution in [2.75, 3.05) is 20.1 Å². The molecule has 1 aromatic rings. The quantitative estimate of drug-likeness (QED) is 0.667. The lowest BCUT2D eigenvalue weighted by molar-refractivity contribution is -0.127. The van der Waals surface area contributed by atoms with Crippen molar-refractivity contribution in [3.05, 3.63) is 29.8 Å². The molecule has 9 nitrogen and oxygen atoms in total. The first-order chi connectivity index (χ1) is 12.2. The van der Waals surface area contributed by atoms with Crippen molar-refractivity contribution < 1.29 is 27.5 Å². The van der Waals surface area contributed by atoms with Crippen LogP contribution in [-0.4, -0.2) is 56.9 Å². The van der Waals surface area contributed by atoms with Crippen molar-refractivity contribution in [2.24, 2.45) is 0 Å². The Kier molecular flexibility index (Phi) is 7.72. The number of hydrogen-bond acceptors (Lipinski definition) is 6. The second-order valence-electron chi connectivity index (χ2n) is 5.23. The summed E-state index contributed by atoms with van der Waals surface area (Å²) in [6.07, 6.45) is -1.23. The van der Waals surface area contributed by atoms with E-state index >= 15 is 0 Å². The molecule has 10 heteroatoms. The lowest BCUT2D eigenvalue weighted by atomic mass is 10.2. The Hall–Kier alpha value is -2.46. The van der Waals surface area contributed by atoms with E-state index in [9.17, 15) is 22.8 Å². The van der Waals surface area contributed by atoms with Gasteiger partial charge in [-0.3, -0.25) is 10.1 Å². The summed E-state index contributed by atoms with van der Waals surface area (Å²) in [6.45, 7) is 5.32. The molecule has 1 atom stereocenters. The van der Waals surface area contributed by atoms with Gasteiger partial charge in [0.05, 0.1) is 10.5 Å². The molecule has 144 valence electrons. The summed E-state index contributed by atoms with van der Waals surface area (Å²) in [4.78, 5) is 35.0. The van der Waals surface area contributed by atoms with Crippen LogP contribution in [0.3, 0.4) is 0 Å². The standard InChI is InChI=1S/C16H23N3O6S/c1-5-19(6-2)26(23,24)13-9-7-8-12(10-13)15(21)25-11(3)14(20)18-16(22)17-4/h7-11H,5-6H2,1-4H3,(H2,17,18,20,22)/t11-/m0/s1. The Balaban J connectivity index is 2.95. The topological polar surface area (TPSA) is 122 Å². The number of esters is 1. The number of carbonyl (C=O) groups excluding carboxylic acids is 3. The van der Waals surface area contributed by atoms with Gasteiger partial charge in [0, 0.05) is 20.1 Å². The van der Waals surface area contributed by atoms with Gasteiger partial charge < -0.3 is 10.1 Å². The third-order valence-electron chi connectivity index (χ3n) is 3.53. The summed E-state index contributed by atoms with van der Waals surface area (Å²) in [5.41, 5.74) is -0.0159. The fraction of sp³-hybridized carbons (Fsp3) is 0.438. The van der Waals surface area contributed by atoms with Crippen LogP contribution in [0, 0.1) is 0 Å². The minimum atomic E-state index is -3.73. The molecule has 26 heavy (non-hydrogen) atoms. The molecule has 0 radical (unpaired) electrons. The molecule has 3 amide bonds. The Morgan fingerprint density at radius 2 is 1.81 bits per heavy atom. The summed E-state index contributed by atoms with van der Waals surface area (Å²) in [5.74, 6) is -1.68. The predicted octanol–water partition coefficient (Wildman–Crippen LogP) is 0.718. The van der Waals surface area contributed by atoms with Crippen LogP contribution in [0.5, 0.6) is 0 Å². The van der Waals surface area contributed by atoms with Crippen LogP contribution >= 0.6 is 0 Å². The molecule has 2 N–H and O–H groups in total. The maximum atomic E-state index is 12.5. The molecule has 0 bridgehead atoms. The van der Waals surface area contributed by atoms with Gasteiger partial charge in [-0.25, -0.2) is 18.0 Å². The van der Waals surface area contributed by atoms with Crippen LogP contribution in [0.25, 0.3) is 0 Å². The first kappa shape index (κ1) is 21.6. The summed E-state index contributed by atoms with van der Waals surface area (Å²) in [5, 5.41) is 4.18. The molecular formula is C16H23N3O6S. The molecule has 0 unspecified atom stereocenters. The summed E-state index contributed by atoms with van der Waals surface area (Å²) in [7, 11) is -2.39. The van der Waals surface area contributed by atoms with E-state index in [1.54, 1.807) is 13.8 Å². The molecule has 0 aromatic heterocycles. The maximum absolute atomic E-state index is 12.5. The number of carbonyl (C=O) groups is 3. The average Bonchev–Trinajstić information content (AvgIpc) is 2.62. The summed E-state index contributed by atoms with van der Waals surface area (Å²) >= 11 is 0. The van der Waals surface area contributed by atoms with E-state index in [4.69, 9.17) is 4.74 Å². The van der Waals surface area contributed by atoms with Crippen LogP contribution in [0.2, 0.25) is 0 Å². The van der Waals surface area contributed by atoms with Crippen molar-refractivity contribution in [1.29, 1.82) is 0 Å². The number of imide groups is 1. The largest absolute Gasteiger partial charge is 0.449 e. The van der Waals surface area contributed by atoms with Crippen LogP contribution in [0.1, 0.15) is 31.1 Å². The number of rotatable bonds is 7. The van der Waals surface area contributed by atoms with E-state index in [0.29, 0.717) is 13.1 Å². The van der Waals surface area contributed by atoms with Gasteiger partial charge in [0.25, 0.3) is 5.91 Å². The number of hydrogen-bond donors (Lipinski definition) is 2. The molecule has 0 heterocycles. The second kappa shape index (κ2) is 9.30. The Morgan fingerprint density at radius 3 is 2.35 bits per heavy atom. The highest BCUT2D eigenvalue weighted by molar-refractivity contribution is 7.89. The highest BCUT2D eigenvalue weighted by Gasteiger charge is 2.24. The molecule has 0 aliphatic heterocycles. The molecule has 0 fully saturated rings. The van der Waals surface area contributed by atoms with Crippen LogP contribution in [0.15, 0.2) is 29.2 Å². The lowest BCUT2D eigenvalue weighted by Crippen LogP contribution is -2.43. The van der Waals surface area contributed by atoms with Crippen LogP contribution in [-0.2, 0) is 19.6 Å². The van der Waals surface area contributed by atoms with E-state index in [1.165, 1.54) is 42.5 Å². The fourth-order valence-corrected chi connectivity index (χ4v) is 3.56. The van der Waals surface area contributed by atoms with Crippen molar-refractivity contribution in [2.45, 2.75) is 31.8 Å². The number of benzene rings is 1. The summed E-state index contributed by atoms with van der Waals surface area (Å²) in [6, 6.07) is 4.64. The second-order valence-corrected chi connectivity index (χ2v) is 7.17. The molecule has 0 saturated carbocycles. The smallest absolute Gasteiger partial charge is 0.338 e. The van der Waals surface area contributed by atoms with Gasteiger partial charge in [-0.1, -0.05) is 19.9 Å². The lowest BCUT2D eigenvalue weighted by Gasteiger charge is -2.19. The number of ether oxygens (including phenoxy) is 1. The summed E-state index contributed by atoms with van der Waals surface area (Å²) < 4.78 is 31.3. The van der Waals surface area contributed by atoms with Crippen molar-refractivity contribution >= 4 is 27.9 Å². The number of nitrogens with one attached hydrogen (secondary N) is 2. The number of amides is 3. The highest BCUT2D eigenvalue weighted by atomic mass is 32.2. The average molecular weight is 385 g/mol. The zero-order valence-corrected chi connectivity index (χ0v) is 15.9. The predicted molar refractivity (Wildman–Crippen MR) is 94.0 cm³/mol. The van der Waals surface area contributed by atoms with Gasteiger partial charge in [0.2, 0.25) is 10.0 Å². The maximum Gasteiger partial charge on any atom is 0.338 e. The first-order valence-corrected chi connectivity index (χ1v) is 9.45. The first-order valence-electron chi connectivity index (χ1n) is 8.01. The molecule has 0 saturated heterocycles. The van der Waals surface area contributed by atoms with E-state index < -0.39 is 34.0 Å². The van der Waals surface area contributed by atoms with Gasteiger partial charge >= 0.3 is 12.0 Å². The molecule has 0 aliphatic rings. The zero-order chi connectivity index (χ0) is 19.9. The number of sulfonamides is 1. The van der Waals surface area contributed by atoms with E-state index in [1.807, 2.05) is 5.32 Å². The van der Waals surface area contributed by atoms with Crippen molar-refractivity contribution in [3.8, 4) is 0 Å². The van der Waals surface area contributed by atoms with E-state index in [-0.39, 0.29) is 10.5 Å². The SMILES string of the molecule is CCN(CC)S(=O)(=O)c1cccc(C(=O)O[C@@H](C)C(=O)NC(=O)NC)c1. The minimum Gasteiger partial charge on any atom is -0.449 e. The highest BCUT2D eigenvalue weighted by Crippen LogP contribution is 2.17. The molecule has 0 aliphatic carbocycles.